The summed E-state index contributed by atoms with van der Waals surface area (Å²) in [6.45, 7) is 3.07. The fraction of sp³-hybridized carbons (Fsp3) is 0.278. The Kier molecular flexibility index (Phi) is 5.85. The number of ether oxygens (including phenoxy) is 1. The Balaban J connectivity index is 1.64. The third kappa shape index (κ3) is 4.20. The van der Waals surface area contributed by atoms with E-state index in [2.05, 4.69) is 21.6 Å². The lowest BCUT2D eigenvalue weighted by Crippen LogP contribution is -2.24. The molecule has 0 atom stereocenters. The highest BCUT2D eigenvalue weighted by molar-refractivity contribution is 7.71. The van der Waals surface area contributed by atoms with Crippen LogP contribution >= 0.6 is 23.6 Å². The molecule has 2 heterocycles. The molecule has 0 saturated heterocycles. The molecule has 0 aliphatic carbocycles. The lowest BCUT2D eigenvalue weighted by atomic mass is 10.2. The fourth-order valence-corrected chi connectivity index (χ4v) is 3.62. The summed E-state index contributed by atoms with van der Waals surface area (Å²) in [4.78, 5) is 13.4. The molecule has 0 spiro atoms. The smallest absolute Gasteiger partial charge is 0.222 e. The number of carbonyl (C=O) groups is 1. The number of carbonyl (C=O) groups excluding carboxylic acids is 1. The molecule has 0 fully saturated rings. The minimum atomic E-state index is -0.0124. The van der Waals surface area contributed by atoms with Crippen LogP contribution in [0.15, 0.2) is 35.7 Å². The second-order valence-electron chi connectivity index (χ2n) is 5.79. The van der Waals surface area contributed by atoms with Gasteiger partial charge in [0.1, 0.15) is 5.75 Å². The number of aryl methyl sites for hydroxylation is 1. The summed E-state index contributed by atoms with van der Waals surface area (Å²) in [5.74, 6) is 1.47. The number of nitrogens with one attached hydrogen (secondary N) is 2. The van der Waals surface area contributed by atoms with Crippen LogP contribution in [0.25, 0.3) is 11.4 Å². The zero-order valence-electron chi connectivity index (χ0n) is 14.6. The van der Waals surface area contributed by atoms with E-state index >= 15 is 0 Å². The summed E-state index contributed by atoms with van der Waals surface area (Å²) in [6.07, 6.45) is 0.335. The number of hydrogen-bond acceptors (Lipinski definition) is 5. The molecule has 0 aliphatic heterocycles. The topological polar surface area (TPSA) is 71.9 Å². The molecule has 3 aromatic rings. The molecule has 0 radical (unpaired) electrons. The molecule has 0 saturated carbocycles. The van der Waals surface area contributed by atoms with Crippen LogP contribution in [0.1, 0.15) is 16.9 Å². The molecule has 2 N–H and O–H groups in total. The highest BCUT2D eigenvalue weighted by atomic mass is 32.1. The average molecular weight is 389 g/mol. The van der Waals surface area contributed by atoms with Gasteiger partial charge in [0.2, 0.25) is 5.91 Å². The quantitative estimate of drug-likeness (QED) is 0.606. The summed E-state index contributed by atoms with van der Waals surface area (Å²) >= 11 is 6.96. The predicted octanol–water partition coefficient (Wildman–Crippen LogP) is 3.69. The Morgan fingerprint density at radius 2 is 2.12 bits per heavy atom. The van der Waals surface area contributed by atoms with Crippen LogP contribution in [0, 0.1) is 11.7 Å². The first kappa shape index (κ1) is 18.3. The molecule has 0 aliphatic rings. The third-order valence-electron chi connectivity index (χ3n) is 4.08. The van der Waals surface area contributed by atoms with Crippen LogP contribution in [-0.4, -0.2) is 27.8 Å². The van der Waals surface area contributed by atoms with Crippen LogP contribution in [0.3, 0.4) is 0 Å². The first-order valence-corrected chi connectivity index (χ1v) is 9.46. The molecular formula is C18H20N4O2S2. The number of rotatable bonds is 7. The number of methoxy groups -OCH3 is 1. The van der Waals surface area contributed by atoms with E-state index in [1.807, 2.05) is 41.1 Å². The van der Waals surface area contributed by atoms with Gasteiger partial charge in [0, 0.05) is 23.4 Å². The second-order valence-corrected chi connectivity index (χ2v) is 7.17. The molecule has 0 unspecified atom stereocenters. The number of aromatic nitrogens is 3. The van der Waals surface area contributed by atoms with E-state index in [1.54, 1.807) is 18.4 Å². The molecule has 26 heavy (non-hydrogen) atoms. The van der Waals surface area contributed by atoms with Crippen LogP contribution < -0.4 is 10.1 Å². The zero-order valence-corrected chi connectivity index (χ0v) is 16.2. The van der Waals surface area contributed by atoms with Crippen molar-refractivity contribution >= 4 is 29.5 Å². The van der Waals surface area contributed by atoms with Crippen molar-refractivity contribution in [3.8, 4) is 17.1 Å². The van der Waals surface area contributed by atoms with E-state index in [-0.39, 0.29) is 5.91 Å². The highest BCUT2D eigenvalue weighted by Crippen LogP contribution is 2.21. The molecule has 1 aromatic carbocycles. The van der Waals surface area contributed by atoms with Crippen LogP contribution in [-0.2, 0) is 17.9 Å². The first-order chi connectivity index (χ1) is 12.6. The van der Waals surface area contributed by atoms with Crippen LogP contribution in [0.5, 0.6) is 5.75 Å². The van der Waals surface area contributed by atoms with Crippen molar-refractivity contribution in [1.29, 1.82) is 0 Å². The van der Waals surface area contributed by atoms with E-state index in [1.165, 1.54) is 10.4 Å². The summed E-state index contributed by atoms with van der Waals surface area (Å²) in [6, 6.07) is 9.62. The van der Waals surface area contributed by atoms with Gasteiger partial charge >= 0.3 is 0 Å². The molecule has 6 nitrogen and oxygen atoms in total. The molecular weight excluding hydrogens is 368 g/mol. The SMILES string of the molecule is COc1ccc(-c2n[nH]c(=S)n2CCC(=O)NCc2sccc2C)cc1. The maximum Gasteiger partial charge on any atom is 0.222 e. The number of H-pyrrole nitrogens is 1. The summed E-state index contributed by atoms with van der Waals surface area (Å²) < 4.78 is 7.52. The Labute approximate surface area is 160 Å². The van der Waals surface area contributed by atoms with Crippen LogP contribution in [0.2, 0.25) is 0 Å². The van der Waals surface area contributed by atoms with Crippen molar-refractivity contribution in [2.45, 2.75) is 26.4 Å². The summed E-state index contributed by atoms with van der Waals surface area (Å²) in [7, 11) is 1.63. The predicted molar refractivity (Wildman–Crippen MR) is 105 cm³/mol. The van der Waals surface area contributed by atoms with E-state index in [0.717, 1.165) is 11.3 Å². The van der Waals surface area contributed by atoms with Gasteiger partial charge in [-0.25, -0.2) is 0 Å². The standard InChI is InChI=1S/C18H20N4O2S2/c1-12-8-10-26-15(12)11-19-16(23)7-9-22-17(20-21-18(22)25)13-3-5-14(24-2)6-4-13/h3-6,8,10H,7,9,11H2,1-2H3,(H,19,23)(H,21,25). The number of aromatic amines is 1. The van der Waals surface area contributed by atoms with Gasteiger partial charge in [-0.05, 0) is 60.4 Å². The second kappa shape index (κ2) is 8.29. The largest absolute Gasteiger partial charge is 0.497 e. The Morgan fingerprint density at radius 3 is 2.77 bits per heavy atom. The van der Waals surface area contributed by atoms with Crippen LogP contribution in [0.4, 0.5) is 0 Å². The van der Waals surface area contributed by atoms with Gasteiger partial charge < -0.3 is 10.1 Å². The van der Waals surface area contributed by atoms with Crippen molar-refractivity contribution in [3.05, 3.63) is 50.9 Å². The first-order valence-electron chi connectivity index (χ1n) is 8.18. The maximum atomic E-state index is 12.2. The fourth-order valence-electron chi connectivity index (χ4n) is 2.55. The molecule has 0 bridgehead atoms. The van der Waals surface area contributed by atoms with Gasteiger partial charge in [-0.2, -0.15) is 5.10 Å². The zero-order chi connectivity index (χ0) is 18.5. The van der Waals surface area contributed by atoms with E-state index in [9.17, 15) is 4.79 Å². The lowest BCUT2D eigenvalue weighted by molar-refractivity contribution is -0.121. The van der Waals surface area contributed by atoms with E-state index in [0.29, 0.717) is 30.1 Å². The van der Waals surface area contributed by atoms with Gasteiger partial charge in [0.05, 0.1) is 13.7 Å². The Morgan fingerprint density at radius 1 is 1.35 bits per heavy atom. The number of hydrogen-bond donors (Lipinski definition) is 2. The summed E-state index contributed by atoms with van der Waals surface area (Å²) in [5.41, 5.74) is 2.11. The highest BCUT2D eigenvalue weighted by Gasteiger charge is 2.11. The number of benzene rings is 1. The average Bonchev–Trinajstić information content (AvgIpc) is 3.23. The number of thiophene rings is 1. The molecule has 136 valence electrons. The number of amides is 1. The van der Waals surface area contributed by atoms with Crippen molar-refractivity contribution in [1.82, 2.24) is 20.1 Å². The molecule has 1 amide bonds. The van der Waals surface area contributed by atoms with Gasteiger partial charge in [-0.1, -0.05) is 0 Å². The van der Waals surface area contributed by atoms with E-state index in [4.69, 9.17) is 17.0 Å². The van der Waals surface area contributed by atoms with Gasteiger partial charge in [0.25, 0.3) is 0 Å². The summed E-state index contributed by atoms with van der Waals surface area (Å²) in [5, 5.41) is 12.1. The Hall–Kier alpha value is -2.45. The van der Waals surface area contributed by atoms with Gasteiger partial charge in [-0.15, -0.1) is 11.3 Å². The number of nitrogens with zero attached hydrogens (tertiary/aromatic N) is 2. The third-order valence-corrected chi connectivity index (χ3v) is 5.42. The van der Waals surface area contributed by atoms with Crippen molar-refractivity contribution < 1.29 is 9.53 Å². The normalized spacial score (nSPS) is 10.7. The molecule has 3 rings (SSSR count). The van der Waals surface area contributed by atoms with Gasteiger partial charge in [-0.3, -0.25) is 14.5 Å². The lowest BCUT2D eigenvalue weighted by Gasteiger charge is -2.08. The minimum Gasteiger partial charge on any atom is -0.497 e. The van der Waals surface area contributed by atoms with Crippen molar-refractivity contribution in [2.24, 2.45) is 0 Å². The Bertz CT molecular complexity index is 941. The van der Waals surface area contributed by atoms with Crippen molar-refractivity contribution in [2.75, 3.05) is 7.11 Å². The monoisotopic (exact) mass is 388 g/mol. The molecule has 2 aromatic heterocycles. The minimum absolute atomic E-state index is 0.0124. The molecule has 8 heteroatoms. The van der Waals surface area contributed by atoms with Crippen molar-refractivity contribution in [3.63, 3.8) is 0 Å². The van der Waals surface area contributed by atoms with E-state index < -0.39 is 0 Å². The van der Waals surface area contributed by atoms with Gasteiger partial charge in [0.15, 0.2) is 10.6 Å². The maximum absolute atomic E-state index is 12.2.